The Hall–Kier alpha value is -2.43. The molecule has 0 fully saturated rings. The molecule has 0 saturated carbocycles. The molecular weight excluding hydrogens is 342 g/mol. The van der Waals surface area contributed by atoms with Crippen molar-refractivity contribution in [1.82, 2.24) is 4.31 Å². The molecule has 0 N–H and O–H groups in total. The lowest BCUT2D eigenvalue weighted by atomic mass is 9.99. The Morgan fingerprint density at radius 3 is 1.92 bits per heavy atom. The topological polar surface area (TPSA) is 37.4 Å². The van der Waals surface area contributed by atoms with Crippen molar-refractivity contribution in [3.05, 3.63) is 102 Å². The van der Waals surface area contributed by atoms with Crippen molar-refractivity contribution in [2.75, 3.05) is 7.05 Å². The number of rotatable bonds is 6. The molecule has 0 amide bonds. The van der Waals surface area contributed by atoms with E-state index in [0.29, 0.717) is 11.3 Å². The van der Waals surface area contributed by atoms with Crippen LogP contribution in [0.2, 0.25) is 0 Å². The molecule has 3 aromatic rings. The maximum Gasteiger partial charge on any atom is 0.243 e. The van der Waals surface area contributed by atoms with Gasteiger partial charge in [-0.05, 0) is 36.6 Å². The van der Waals surface area contributed by atoms with Gasteiger partial charge in [0.25, 0.3) is 0 Å². The van der Waals surface area contributed by atoms with Crippen LogP contribution in [0.1, 0.15) is 22.7 Å². The predicted molar refractivity (Wildman–Crippen MR) is 105 cm³/mol. The third-order valence-electron chi connectivity index (χ3n) is 4.59. The molecule has 26 heavy (non-hydrogen) atoms. The minimum atomic E-state index is -3.59. The highest BCUT2D eigenvalue weighted by atomic mass is 32.2. The number of aryl methyl sites for hydroxylation is 1. The molecule has 0 aromatic heterocycles. The maximum absolute atomic E-state index is 13.2. The molecule has 4 heteroatoms. The van der Waals surface area contributed by atoms with Crippen molar-refractivity contribution in [3.8, 4) is 0 Å². The van der Waals surface area contributed by atoms with Crippen molar-refractivity contribution in [3.63, 3.8) is 0 Å². The van der Waals surface area contributed by atoms with Crippen LogP contribution < -0.4 is 0 Å². The number of likely N-dealkylation sites (N-methyl/N-ethyl adjacent to an activating group) is 1. The van der Waals surface area contributed by atoms with E-state index in [2.05, 4.69) is 0 Å². The van der Waals surface area contributed by atoms with E-state index < -0.39 is 10.0 Å². The van der Waals surface area contributed by atoms with Gasteiger partial charge in [0.2, 0.25) is 10.0 Å². The van der Waals surface area contributed by atoms with Crippen molar-refractivity contribution in [2.24, 2.45) is 0 Å². The second-order valence-electron chi connectivity index (χ2n) is 6.45. The number of benzene rings is 3. The summed E-state index contributed by atoms with van der Waals surface area (Å²) in [5.74, 6) is 0. The zero-order valence-corrected chi connectivity index (χ0v) is 15.9. The van der Waals surface area contributed by atoms with Gasteiger partial charge in [0.05, 0.1) is 10.9 Å². The monoisotopic (exact) mass is 365 g/mol. The van der Waals surface area contributed by atoms with E-state index in [4.69, 9.17) is 0 Å². The van der Waals surface area contributed by atoms with Crippen LogP contribution in [0.5, 0.6) is 0 Å². The molecule has 0 radical (unpaired) electrons. The van der Waals surface area contributed by atoms with Crippen molar-refractivity contribution in [2.45, 2.75) is 24.3 Å². The second-order valence-corrected chi connectivity index (χ2v) is 8.45. The fourth-order valence-corrected chi connectivity index (χ4v) is 4.36. The summed E-state index contributed by atoms with van der Waals surface area (Å²) in [5.41, 5.74) is 3.12. The molecule has 0 aliphatic rings. The van der Waals surface area contributed by atoms with Crippen LogP contribution in [0.4, 0.5) is 0 Å². The highest BCUT2D eigenvalue weighted by Gasteiger charge is 2.29. The Kier molecular flexibility index (Phi) is 5.55. The van der Waals surface area contributed by atoms with E-state index >= 15 is 0 Å². The lowest BCUT2D eigenvalue weighted by Gasteiger charge is -2.28. The molecule has 0 unspecified atom stereocenters. The molecule has 3 aromatic carbocycles. The fourth-order valence-electron chi connectivity index (χ4n) is 3.01. The third kappa shape index (κ3) is 4.03. The normalized spacial score (nSPS) is 12.9. The molecule has 3 nitrogen and oxygen atoms in total. The van der Waals surface area contributed by atoms with E-state index in [1.54, 1.807) is 19.2 Å². The average Bonchev–Trinajstić information content (AvgIpc) is 2.67. The van der Waals surface area contributed by atoms with Crippen molar-refractivity contribution >= 4 is 10.0 Å². The van der Waals surface area contributed by atoms with Crippen LogP contribution in [0.15, 0.2) is 89.8 Å². The Morgan fingerprint density at radius 1 is 0.808 bits per heavy atom. The molecule has 0 aliphatic carbocycles. The summed E-state index contributed by atoms with van der Waals surface area (Å²) in [5, 5.41) is 0. The predicted octanol–water partition coefficient (Wildman–Crippen LogP) is 4.60. The van der Waals surface area contributed by atoms with Gasteiger partial charge in [-0.15, -0.1) is 0 Å². The summed E-state index contributed by atoms with van der Waals surface area (Å²) in [6.07, 6.45) is 0.618. The first-order chi connectivity index (χ1) is 12.5. The first-order valence-electron chi connectivity index (χ1n) is 8.62. The zero-order chi connectivity index (χ0) is 18.6. The van der Waals surface area contributed by atoms with Gasteiger partial charge in [-0.2, -0.15) is 4.31 Å². The molecule has 134 valence electrons. The number of hydrogen-bond donors (Lipinski definition) is 0. The summed E-state index contributed by atoms with van der Waals surface area (Å²) in [6, 6.07) is 26.5. The summed E-state index contributed by atoms with van der Waals surface area (Å²) < 4.78 is 27.8. The van der Waals surface area contributed by atoms with Crippen LogP contribution in [0.3, 0.4) is 0 Å². The van der Waals surface area contributed by atoms with Crippen LogP contribution in [-0.2, 0) is 16.4 Å². The molecular formula is C22H23NO2S. The second kappa shape index (κ2) is 7.85. The van der Waals surface area contributed by atoms with Crippen molar-refractivity contribution < 1.29 is 8.42 Å². The summed E-state index contributed by atoms with van der Waals surface area (Å²) in [6.45, 7) is 1.95. The van der Waals surface area contributed by atoms with Gasteiger partial charge in [-0.3, -0.25) is 0 Å². The van der Waals surface area contributed by atoms with E-state index in [0.717, 1.165) is 16.7 Å². The minimum absolute atomic E-state index is 0.273. The Morgan fingerprint density at radius 2 is 1.35 bits per heavy atom. The number of sulfonamides is 1. The van der Waals surface area contributed by atoms with Crippen molar-refractivity contribution in [1.29, 1.82) is 0 Å². The highest BCUT2D eigenvalue weighted by Crippen LogP contribution is 2.29. The molecule has 0 saturated heterocycles. The third-order valence-corrected chi connectivity index (χ3v) is 6.47. The lowest BCUT2D eigenvalue weighted by molar-refractivity contribution is 0.373. The molecule has 0 heterocycles. The van der Waals surface area contributed by atoms with Gasteiger partial charge < -0.3 is 0 Å². The van der Waals surface area contributed by atoms with Gasteiger partial charge in [0.15, 0.2) is 0 Å². The molecule has 0 spiro atoms. The molecule has 3 rings (SSSR count). The van der Waals surface area contributed by atoms with Crippen LogP contribution in [-0.4, -0.2) is 19.8 Å². The molecule has 1 atom stereocenters. The number of hydrogen-bond acceptors (Lipinski definition) is 2. The van der Waals surface area contributed by atoms with Gasteiger partial charge in [0.1, 0.15) is 0 Å². The van der Waals surface area contributed by atoms with Gasteiger partial charge in [-0.1, -0.05) is 78.4 Å². The zero-order valence-electron chi connectivity index (χ0n) is 15.0. The van der Waals surface area contributed by atoms with E-state index in [-0.39, 0.29) is 6.04 Å². The minimum Gasteiger partial charge on any atom is -0.207 e. The van der Waals surface area contributed by atoms with Crippen LogP contribution in [0.25, 0.3) is 0 Å². The lowest BCUT2D eigenvalue weighted by Crippen LogP contribution is -2.32. The van der Waals surface area contributed by atoms with Crippen LogP contribution >= 0.6 is 0 Å². The molecule has 0 bridgehead atoms. The fraction of sp³-hybridized carbons (Fsp3) is 0.182. The van der Waals surface area contributed by atoms with E-state index in [1.165, 1.54) is 4.31 Å². The average molecular weight is 365 g/mol. The standard InChI is InChI=1S/C22H23NO2S/c1-18-13-15-21(16-14-18)26(24,25)23(2)22(20-11-7-4-8-12-20)17-19-9-5-3-6-10-19/h3-16,22H,17H2,1-2H3/t22-/m1/s1. The van der Waals surface area contributed by atoms with E-state index in [1.807, 2.05) is 79.7 Å². The van der Waals surface area contributed by atoms with Crippen LogP contribution in [0, 0.1) is 6.92 Å². The smallest absolute Gasteiger partial charge is 0.207 e. The number of nitrogens with zero attached hydrogens (tertiary/aromatic N) is 1. The summed E-state index contributed by atoms with van der Waals surface area (Å²) in [4.78, 5) is 0.319. The maximum atomic E-state index is 13.2. The van der Waals surface area contributed by atoms with Gasteiger partial charge >= 0.3 is 0 Å². The summed E-state index contributed by atoms with van der Waals surface area (Å²) in [7, 11) is -1.93. The SMILES string of the molecule is Cc1ccc(S(=O)(=O)N(C)[C@H](Cc2ccccc2)c2ccccc2)cc1. The summed E-state index contributed by atoms with van der Waals surface area (Å²) >= 11 is 0. The first-order valence-corrected chi connectivity index (χ1v) is 10.1. The first kappa shape index (κ1) is 18.4. The largest absolute Gasteiger partial charge is 0.243 e. The molecule has 0 aliphatic heterocycles. The highest BCUT2D eigenvalue weighted by molar-refractivity contribution is 7.89. The van der Waals surface area contributed by atoms with E-state index in [9.17, 15) is 8.42 Å². The quantitative estimate of drug-likeness (QED) is 0.640. The Bertz CT molecular complexity index is 936. The Labute approximate surface area is 156 Å². The van der Waals surface area contributed by atoms with Gasteiger partial charge in [0, 0.05) is 7.05 Å². The Balaban J connectivity index is 1.99. The van der Waals surface area contributed by atoms with Gasteiger partial charge in [-0.25, -0.2) is 8.42 Å².